The first-order valence-electron chi connectivity index (χ1n) is 5.85. The molecule has 2 amide bonds. The molecule has 15 heavy (non-hydrogen) atoms. The summed E-state index contributed by atoms with van der Waals surface area (Å²) < 4.78 is 0. The smallest absolute Gasteiger partial charge is 0.242 e. The second-order valence-corrected chi connectivity index (χ2v) is 4.50. The van der Waals surface area contributed by atoms with Crippen LogP contribution in [0, 0.1) is 0 Å². The maximum absolute atomic E-state index is 11.7. The molecule has 1 atom stereocenters. The van der Waals surface area contributed by atoms with Gasteiger partial charge in [0.05, 0.1) is 0 Å². The minimum Gasteiger partial charge on any atom is -0.352 e. The summed E-state index contributed by atoms with van der Waals surface area (Å²) in [5, 5.41) is 5.72. The summed E-state index contributed by atoms with van der Waals surface area (Å²) in [6.45, 7) is 0. The average Bonchev–Trinajstić information content (AvgIpc) is 2.66. The zero-order chi connectivity index (χ0) is 10.7. The molecule has 0 unspecified atom stereocenters. The molecule has 1 heterocycles. The Balaban J connectivity index is 1.78. The zero-order valence-electron chi connectivity index (χ0n) is 8.92. The Morgan fingerprint density at radius 2 is 1.93 bits per heavy atom. The molecule has 4 heteroatoms. The molecule has 1 saturated heterocycles. The van der Waals surface area contributed by atoms with Crippen LogP contribution in [0.5, 0.6) is 0 Å². The van der Waals surface area contributed by atoms with Gasteiger partial charge in [-0.25, -0.2) is 0 Å². The molecule has 1 aliphatic heterocycles. The van der Waals surface area contributed by atoms with Crippen LogP contribution < -0.4 is 10.6 Å². The van der Waals surface area contributed by atoms with Crippen LogP contribution in [-0.2, 0) is 9.59 Å². The predicted molar refractivity (Wildman–Crippen MR) is 56.2 cm³/mol. The standard InChI is InChI=1S/C11H18N2O2/c14-10-7-6-9(13-10)11(15)12-8-4-2-1-3-5-8/h8-9H,1-7H2,(H,12,15)(H,13,14)/t9-/m1/s1. The number of carbonyl (C=O) groups excluding carboxylic acids is 2. The summed E-state index contributed by atoms with van der Waals surface area (Å²) in [7, 11) is 0. The summed E-state index contributed by atoms with van der Waals surface area (Å²) in [5.41, 5.74) is 0. The molecule has 4 nitrogen and oxygen atoms in total. The first-order chi connectivity index (χ1) is 7.25. The van der Waals surface area contributed by atoms with Crippen LogP contribution in [0.4, 0.5) is 0 Å². The van der Waals surface area contributed by atoms with Crippen molar-refractivity contribution in [2.75, 3.05) is 0 Å². The molecule has 1 saturated carbocycles. The van der Waals surface area contributed by atoms with E-state index in [9.17, 15) is 9.59 Å². The Hall–Kier alpha value is -1.06. The maximum Gasteiger partial charge on any atom is 0.242 e. The summed E-state index contributed by atoms with van der Waals surface area (Å²) >= 11 is 0. The molecule has 2 N–H and O–H groups in total. The fourth-order valence-corrected chi connectivity index (χ4v) is 2.36. The van der Waals surface area contributed by atoms with Crippen molar-refractivity contribution in [3.63, 3.8) is 0 Å². The Labute approximate surface area is 89.8 Å². The van der Waals surface area contributed by atoms with Crippen molar-refractivity contribution in [1.82, 2.24) is 10.6 Å². The largest absolute Gasteiger partial charge is 0.352 e. The van der Waals surface area contributed by atoms with Crippen LogP contribution in [0.2, 0.25) is 0 Å². The van der Waals surface area contributed by atoms with Crippen molar-refractivity contribution in [3.05, 3.63) is 0 Å². The van der Waals surface area contributed by atoms with Crippen molar-refractivity contribution in [3.8, 4) is 0 Å². The second kappa shape index (κ2) is 4.64. The molecule has 0 radical (unpaired) electrons. The minimum atomic E-state index is -0.278. The van der Waals surface area contributed by atoms with Crippen LogP contribution in [0.15, 0.2) is 0 Å². The molecule has 2 aliphatic rings. The molecule has 1 aliphatic carbocycles. The molecule has 0 bridgehead atoms. The zero-order valence-corrected chi connectivity index (χ0v) is 8.92. The van der Waals surface area contributed by atoms with E-state index in [2.05, 4.69) is 10.6 Å². The van der Waals surface area contributed by atoms with Gasteiger partial charge in [-0.15, -0.1) is 0 Å². The van der Waals surface area contributed by atoms with Crippen molar-refractivity contribution in [2.24, 2.45) is 0 Å². The molecule has 2 rings (SSSR count). The van der Waals surface area contributed by atoms with Gasteiger partial charge in [0.15, 0.2) is 0 Å². The lowest BCUT2D eigenvalue weighted by atomic mass is 9.95. The van der Waals surface area contributed by atoms with Crippen LogP contribution in [0.3, 0.4) is 0 Å². The van der Waals surface area contributed by atoms with Crippen LogP contribution in [0.25, 0.3) is 0 Å². The van der Waals surface area contributed by atoms with Crippen molar-refractivity contribution in [2.45, 2.75) is 57.0 Å². The first kappa shape index (κ1) is 10.5. The summed E-state index contributed by atoms with van der Waals surface area (Å²) in [6, 6.07) is 0.0585. The maximum atomic E-state index is 11.7. The fourth-order valence-electron chi connectivity index (χ4n) is 2.36. The van der Waals surface area contributed by atoms with E-state index in [0.717, 1.165) is 12.8 Å². The Kier molecular flexibility index (Phi) is 3.23. The topological polar surface area (TPSA) is 58.2 Å². The summed E-state index contributed by atoms with van der Waals surface area (Å²) in [5.74, 6) is 0.00606. The molecule has 84 valence electrons. The highest BCUT2D eigenvalue weighted by atomic mass is 16.2. The quantitative estimate of drug-likeness (QED) is 0.705. The van der Waals surface area contributed by atoms with Gasteiger partial charge in [0.2, 0.25) is 11.8 Å². The molecule has 0 aromatic rings. The number of rotatable bonds is 2. The van der Waals surface area contributed by atoms with E-state index in [1.807, 2.05) is 0 Å². The number of hydrogen-bond donors (Lipinski definition) is 2. The highest BCUT2D eigenvalue weighted by Crippen LogP contribution is 2.18. The van der Waals surface area contributed by atoms with Gasteiger partial charge in [0.1, 0.15) is 6.04 Å². The summed E-state index contributed by atoms with van der Waals surface area (Å²) in [6.07, 6.45) is 7.02. The van der Waals surface area contributed by atoms with Crippen LogP contribution in [-0.4, -0.2) is 23.9 Å². The minimum absolute atomic E-state index is 0.00112. The van der Waals surface area contributed by atoms with Crippen molar-refractivity contribution >= 4 is 11.8 Å². The lowest BCUT2D eigenvalue weighted by Gasteiger charge is -2.24. The SMILES string of the molecule is O=C1CC[C@H](C(=O)NC2CCCCC2)N1. The molecular formula is C11H18N2O2. The third-order valence-electron chi connectivity index (χ3n) is 3.26. The molecular weight excluding hydrogens is 192 g/mol. The van der Waals surface area contributed by atoms with Gasteiger partial charge in [0.25, 0.3) is 0 Å². The number of nitrogens with one attached hydrogen (secondary N) is 2. The van der Waals surface area contributed by atoms with Gasteiger partial charge in [-0.05, 0) is 19.3 Å². The monoisotopic (exact) mass is 210 g/mol. The van der Waals surface area contributed by atoms with Crippen molar-refractivity contribution in [1.29, 1.82) is 0 Å². The molecule has 0 aromatic carbocycles. The lowest BCUT2D eigenvalue weighted by molar-refractivity contribution is -0.126. The van der Waals surface area contributed by atoms with Gasteiger partial charge in [0, 0.05) is 12.5 Å². The Morgan fingerprint density at radius 3 is 2.53 bits per heavy atom. The average molecular weight is 210 g/mol. The van der Waals surface area contributed by atoms with Gasteiger partial charge < -0.3 is 10.6 Å². The number of hydrogen-bond acceptors (Lipinski definition) is 2. The molecule has 0 aromatic heterocycles. The first-order valence-corrected chi connectivity index (χ1v) is 5.85. The third-order valence-corrected chi connectivity index (χ3v) is 3.26. The van der Waals surface area contributed by atoms with Crippen molar-refractivity contribution < 1.29 is 9.59 Å². The lowest BCUT2D eigenvalue weighted by Crippen LogP contribution is -2.46. The highest BCUT2D eigenvalue weighted by molar-refractivity contribution is 5.90. The van der Waals surface area contributed by atoms with E-state index in [1.165, 1.54) is 19.3 Å². The molecule has 0 spiro atoms. The van der Waals surface area contributed by atoms with Gasteiger partial charge in [-0.3, -0.25) is 9.59 Å². The molecule has 2 fully saturated rings. The van der Waals surface area contributed by atoms with E-state index in [1.54, 1.807) is 0 Å². The fraction of sp³-hybridized carbons (Fsp3) is 0.818. The highest BCUT2D eigenvalue weighted by Gasteiger charge is 2.28. The Bertz CT molecular complexity index is 259. The van der Waals surface area contributed by atoms with E-state index in [0.29, 0.717) is 18.9 Å². The summed E-state index contributed by atoms with van der Waals surface area (Å²) in [4.78, 5) is 22.7. The van der Waals surface area contributed by atoms with Crippen LogP contribution >= 0.6 is 0 Å². The number of amides is 2. The third kappa shape index (κ3) is 2.70. The van der Waals surface area contributed by atoms with E-state index >= 15 is 0 Å². The van der Waals surface area contributed by atoms with Gasteiger partial charge in [-0.2, -0.15) is 0 Å². The van der Waals surface area contributed by atoms with E-state index in [4.69, 9.17) is 0 Å². The Morgan fingerprint density at radius 1 is 1.20 bits per heavy atom. The normalized spacial score (nSPS) is 27.5. The van der Waals surface area contributed by atoms with Gasteiger partial charge in [-0.1, -0.05) is 19.3 Å². The number of carbonyl (C=O) groups is 2. The van der Waals surface area contributed by atoms with E-state index in [-0.39, 0.29) is 17.9 Å². The predicted octanol–water partition coefficient (Wildman–Crippen LogP) is 0.714. The van der Waals surface area contributed by atoms with E-state index < -0.39 is 0 Å². The van der Waals surface area contributed by atoms with Gasteiger partial charge >= 0.3 is 0 Å². The second-order valence-electron chi connectivity index (χ2n) is 4.50. The van der Waals surface area contributed by atoms with Crippen LogP contribution in [0.1, 0.15) is 44.9 Å².